The molecule has 0 spiro atoms. The molecule has 4 nitrogen and oxygen atoms in total. The van der Waals surface area contributed by atoms with Crippen LogP contribution in [-0.4, -0.2) is 18.6 Å². The highest BCUT2D eigenvalue weighted by atomic mass is 19.1. The van der Waals surface area contributed by atoms with Crippen molar-refractivity contribution in [3.8, 4) is 5.75 Å². The van der Waals surface area contributed by atoms with Crippen molar-refractivity contribution in [1.29, 1.82) is 0 Å². The van der Waals surface area contributed by atoms with E-state index < -0.39 is 23.6 Å². The lowest BCUT2D eigenvalue weighted by molar-refractivity contribution is -0.116. The molecule has 0 aliphatic carbocycles. The molecule has 2 aromatic rings. The number of ether oxygens (including phenoxy) is 1. The summed E-state index contributed by atoms with van der Waals surface area (Å²) in [6.07, 6.45) is 0. The Morgan fingerprint density at radius 1 is 1.17 bits per heavy atom. The highest BCUT2D eigenvalue weighted by Gasteiger charge is 2.16. The van der Waals surface area contributed by atoms with E-state index in [1.807, 2.05) is 19.1 Å². The average molecular weight is 320 g/mol. The minimum absolute atomic E-state index is 0.193. The zero-order chi connectivity index (χ0) is 16.8. The van der Waals surface area contributed by atoms with Crippen LogP contribution in [0, 0.1) is 11.6 Å². The van der Waals surface area contributed by atoms with E-state index in [1.165, 1.54) is 0 Å². The number of nitrogens with one attached hydrogen (secondary N) is 2. The van der Waals surface area contributed by atoms with Gasteiger partial charge >= 0.3 is 0 Å². The van der Waals surface area contributed by atoms with Crippen LogP contribution in [0.5, 0.6) is 5.75 Å². The van der Waals surface area contributed by atoms with Gasteiger partial charge in [0, 0.05) is 6.07 Å². The number of amides is 1. The summed E-state index contributed by atoms with van der Waals surface area (Å²) in [4.78, 5) is 12.1. The number of anilines is 2. The molecule has 2 rings (SSSR count). The maximum absolute atomic E-state index is 13.6. The van der Waals surface area contributed by atoms with Gasteiger partial charge in [-0.05, 0) is 38.1 Å². The topological polar surface area (TPSA) is 50.4 Å². The van der Waals surface area contributed by atoms with Crippen LogP contribution in [0.25, 0.3) is 0 Å². The summed E-state index contributed by atoms with van der Waals surface area (Å²) < 4.78 is 32.2. The van der Waals surface area contributed by atoms with E-state index in [4.69, 9.17) is 4.74 Å². The highest BCUT2D eigenvalue weighted by molar-refractivity contribution is 5.96. The molecule has 0 aromatic heterocycles. The third-order valence-electron chi connectivity index (χ3n) is 3.14. The minimum atomic E-state index is -0.693. The molecule has 2 aromatic carbocycles. The van der Waals surface area contributed by atoms with E-state index in [9.17, 15) is 13.6 Å². The maximum atomic E-state index is 13.6. The molecule has 0 unspecified atom stereocenters. The maximum Gasteiger partial charge on any atom is 0.246 e. The Morgan fingerprint density at radius 3 is 2.65 bits per heavy atom. The van der Waals surface area contributed by atoms with E-state index in [0.717, 1.165) is 18.2 Å². The molecule has 0 saturated heterocycles. The lowest BCUT2D eigenvalue weighted by atomic mass is 10.2. The molecule has 1 atom stereocenters. The number of carbonyl (C=O) groups is 1. The summed E-state index contributed by atoms with van der Waals surface area (Å²) in [6.45, 7) is 3.97. The van der Waals surface area contributed by atoms with Crippen LogP contribution in [0.2, 0.25) is 0 Å². The lowest BCUT2D eigenvalue weighted by Gasteiger charge is -2.18. The Balaban J connectivity index is 2.07. The number of para-hydroxylation sites is 2. The molecule has 122 valence electrons. The Kier molecular flexibility index (Phi) is 5.51. The molecule has 0 bridgehead atoms. The van der Waals surface area contributed by atoms with E-state index in [-0.39, 0.29) is 5.69 Å². The van der Waals surface area contributed by atoms with E-state index in [0.29, 0.717) is 18.0 Å². The summed E-state index contributed by atoms with van der Waals surface area (Å²) in [7, 11) is 0. The first kappa shape index (κ1) is 16.7. The van der Waals surface area contributed by atoms with Crippen molar-refractivity contribution in [2.45, 2.75) is 19.9 Å². The van der Waals surface area contributed by atoms with Gasteiger partial charge in [-0.25, -0.2) is 8.78 Å². The average Bonchev–Trinajstić information content (AvgIpc) is 2.53. The van der Waals surface area contributed by atoms with Crippen molar-refractivity contribution in [1.82, 2.24) is 0 Å². The first-order valence-corrected chi connectivity index (χ1v) is 7.25. The quantitative estimate of drug-likeness (QED) is 0.851. The largest absolute Gasteiger partial charge is 0.492 e. The van der Waals surface area contributed by atoms with Crippen molar-refractivity contribution in [3.63, 3.8) is 0 Å². The Labute approximate surface area is 133 Å². The van der Waals surface area contributed by atoms with E-state index >= 15 is 0 Å². The minimum Gasteiger partial charge on any atom is -0.492 e. The van der Waals surface area contributed by atoms with E-state index in [2.05, 4.69) is 10.6 Å². The molecule has 0 saturated carbocycles. The molecule has 1 amide bonds. The number of rotatable bonds is 6. The zero-order valence-corrected chi connectivity index (χ0v) is 12.9. The second-order valence-electron chi connectivity index (χ2n) is 4.91. The van der Waals surface area contributed by atoms with Crippen molar-refractivity contribution >= 4 is 17.3 Å². The van der Waals surface area contributed by atoms with Gasteiger partial charge in [-0.3, -0.25) is 4.79 Å². The predicted octanol–water partition coefficient (Wildman–Crippen LogP) is 3.80. The van der Waals surface area contributed by atoms with Gasteiger partial charge in [0.15, 0.2) is 0 Å². The predicted molar refractivity (Wildman–Crippen MR) is 85.7 cm³/mol. The summed E-state index contributed by atoms with van der Waals surface area (Å²) in [5, 5.41) is 5.36. The van der Waals surface area contributed by atoms with Crippen LogP contribution in [-0.2, 0) is 4.79 Å². The Hall–Kier alpha value is -2.63. The molecule has 0 fully saturated rings. The number of hydrogen-bond acceptors (Lipinski definition) is 3. The van der Waals surface area contributed by atoms with Crippen LogP contribution >= 0.6 is 0 Å². The van der Waals surface area contributed by atoms with Crippen LogP contribution in [0.3, 0.4) is 0 Å². The Bertz CT molecular complexity index is 692. The Morgan fingerprint density at radius 2 is 1.91 bits per heavy atom. The van der Waals surface area contributed by atoms with Crippen LogP contribution in [0.4, 0.5) is 20.2 Å². The van der Waals surface area contributed by atoms with Gasteiger partial charge in [-0.15, -0.1) is 0 Å². The first-order chi connectivity index (χ1) is 11.0. The third-order valence-corrected chi connectivity index (χ3v) is 3.14. The number of halogens is 2. The van der Waals surface area contributed by atoms with Gasteiger partial charge in [0.25, 0.3) is 0 Å². The second-order valence-corrected chi connectivity index (χ2v) is 4.91. The van der Waals surface area contributed by atoms with Crippen molar-refractivity contribution in [2.24, 2.45) is 0 Å². The molecule has 0 heterocycles. The standard InChI is InChI=1S/C17H18F2N2O2/c1-3-23-16-7-5-4-6-14(16)20-11(2)17(22)21-15-10-12(18)8-9-13(15)19/h4-11,20H,3H2,1-2H3,(H,21,22)/t11-/m0/s1. The monoisotopic (exact) mass is 320 g/mol. The highest BCUT2D eigenvalue weighted by Crippen LogP contribution is 2.24. The molecular weight excluding hydrogens is 302 g/mol. The molecule has 0 aliphatic rings. The molecule has 2 N–H and O–H groups in total. The molecule has 6 heteroatoms. The normalized spacial score (nSPS) is 11.7. The summed E-state index contributed by atoms with van der Waals surface area (Å²) in [5.74, 6) is -1.18. The summed E-state index contributed by atoms with van der Waals surface area (Å²) in [5.41, 5.74) is 0.457. The first-order valence-electron chi connectivity index (χ1n) is 7.25. The van der Waals surface area contributed by atoms with Gasteiger partial charge in [0.1, 0.15) is 23.4 Å². The van der Waals surface area contributed by atoms with Gasteiger partial charge in [-0.1, -0.05) is 12.1 Å². The van der Waals surface area contributed by atoms with Crippen LogP contribution in [0.1, 0.15) is 13.8 Å². The fourth-order valence-electron chi connectivity index (χ4n) is 2.00. The number of benzene rings is 2. The molecular formula is C17H18F2N2O2. The van der Waals surface area contributed by atoms with Crippen molar-refractivity contribution < 1.29 is 18.3 Å². The van der Waals surface area contributed by atoms with Gasteiger partial charge in [0.2, 0.25) is 5.91 Å². The number of carbonyl (C=O) groups excluding carboxylic acids is 1. The fourth-order valence-corrected chi connectivity index (χ4v) is 2.00. The smallest absolute Gasteiger partial charge is 0.246 e. The van der Waals surface area contributed by atoms with Crippen molar-refractivity contribution in [3.05, 3.63) is 54.1 Å². The van der Waals surface area contributed by atoms with Crippen molar-refractivity contribution in [2.75, 3.05) is 17.2 Å². The summed E-state index contributed by atoms with van der Waals surface area (Å²) in [6, 6.07) is 9.41. The molecule has 0 aliphatic heterocycles. The second kappa shape index (κ2) is 7.58. The zero-order valence-electron chi connectivity index (χ0n) is 12.9. The lowest BCUT2D eigenvalue weighted by Crippen LogP contribution is -2.32. The molecule has 23 heavy (non-hydrogen) atoms. The summed E-state index contributed by atoms with van der Waals surface area (Å²) >= 11 is 0. The van der Waals surface area contributed by atoms with Crippen LogP contribution < -0.4 is 15.4 Å². The fraction of sp³-hybridized carbons (Fsp3) is 0.235. The third kappa shape index (κ3) is 4.42. The van der Waals surface area contributed by atoms with Gasteiger partial charge < -0.3 is 15.4 Å². The van der Waals surface area contributed by atoms with Gasteiger partial charge in [-0.2, -0.15) is 0 Å². The SMILES string of the molecule is CCOc1ccccc1N[C@@H](C)C(=O)Nc1cc(F)ccc1F. The molecule has 0 radical (unpaired) electrons. The number of hydrogen-bond donors (Lipinski definition) is 2. The van der Waals surface area contributed by atoms with Gasteiger partial charge in [0.05, 0.1) is 18.0 Å². The van der Waals surface area contributed by atoms with E-state index in [1.54, 1.807) is 19.1 Å². The van der Waals surface area contributed by atoms with Crippen LogP contribution in [0.15, 0.2) is 42.5 Å².